The van der Waals surface area contributed by atoms with Crippen molar-refractivity contribution in [3.8, 4) is 17.2 Å². The Kier molecular flexibility index (Phi) is 4.23. The zero-order chi connectivity index (χ0) is 15.4. The zero-order valence-corrected chi connectivity index (χ0v) is 11.4. The van der Waals surface area contributed by atoms with Crippen molar-refractivity contribution in [2.24, 2.45) is 0 Å². The molecule has 0 aromatic heterocycles. The van der Waals surface area contributed by atoms with E-state index in [1.54, 1.807) is 24.3 Å². The number of hydrogen-bond acceptors (Lipinski definition) is 5. The summed E-state index contributed by atoms with van der Waals surface area (Å²) in [6.07, 6.45) is -0.356. The van der Waals surface area contributed by atoms with Gasteiger partial charge in [-0.3, -0.25) is 9.59 Å². The summed E-state index contributed by atoms with van der Waals surface area (Å²) in [6, 6.07) is 10.0. The molecule has 0 spiro atoms. The van der Waals surface area contributed by atoms with Crippen molar-refractivity contribution in [2.45, 2.75) is 6.42 Å². The van der Waals surface area contributed by atoms with Crippen LogP contribution in [0.15, 0.2) is 42.5 Å². The van der Waals surface area contributed by atoms with Crippen LogP contribution in [0.4, 0.5) is 0 Å². The highest BCUT2D eigenvalue weighted by Gasteiger charge is 2.17. The van der Waals surface area contributed by atoms with Crippen LogP contribution in [-0.2, 0) is 0 Å². The van der Waals surface area contributed by atoms with E-state index in [0.29, 0.717) is 11.3 Å². The molecule has 0 radical (unpaired) electrons. The molecule has 0 unspecified atom stereocenters. The summed E-state index contributed by atoms with van der Waals surface area (Å²) >= 11 is 0. The molecule has 2 rings (SSSR count). The topological polar surface area (TPSA) is 83.8 Å². The second-order valence-electron chi connectivity index (χ2n) is 4.45. The Labute approximate surface area is 121 Å². The average molecular weight is 286 g/mol. The summed E-state index contributed by atoms with van der Waals surface area (Å²) in [4.78, 5) is 24.0. The fraction of sp³-hybridized carbons (Fsp3) is 0.125. The van der Waals surface area contributed by atoms with Gasteiger partial charge in [0, 0.05) is 11.6 Å². The monoisotopic (exact) mass is 286 g/mol. The minimum absolute atomic E-state index is 0.00895. The fourth-order valence-corrected chi connectivity index (χ4v) is 1.88. The molecule has 5 heteroatoms. The number of carbonyl (C=O) groups is 2. The van der Waals surface area contributed by atoms with Gasteiger partial charge in [-0.25, -0.2) is 0 Å². The summed E-state index contributed by atoms with van der Waals surface area (Å²) in [5.41, 5.74) is 0.400. The molecule has 108 valence electrons. The summed E-state index contributed by atoms with van der Waals surface area (Å²) in [7, 11) is 1.52. The number of rotatable bonds is 5. The van der Waals surface area contributed by atoms with Gasteiger partial charge in [0.25, 0.3) is 0 Å². The van der Waals surface area contributed by atoms with Gasteiger partial charge in [0.2, 0.25) is 0 Å². The van der Waals surface area contributed by atoms with E-state index in [4.69, 9.17) is 4.74 Å². The number of aromatic hydroxyl groups is 2. The quantitative estimate of drug-likeness (QED) is 0.652. The van der Waals surface area contributed by atoms with Crippen molar-refractivity contribution in [3.05, 3.63) is 53.6 Å². The van der Waals surface area contributed by atoms with Gasteiger partial charge in [-0.2, -0.15) is 0 Å². The van der Waals surface area contributed by atoms with Crippen molar-refractivity contribution in [2.75, 3.05) is 7.11 Å². The Balaban J connectivity index is 2.12. The molecular weight excluding hydrogens is 272 g/mol. The molecular formula is C16H14O5. The lowest BCUT2D eigenvalue weighted by molar-refractivity contribution is 0.0893. The van der Waals surface area contributed by atoms with Gasteiger partial charge in [-0.05, 0) is 36.4 Å². The summed E-state index contributed by atoms with van der Waals surface area (Å²) in [5, 5.41) is 18.8. The highest BCUT2D eigenvalue weighted by Crippen LogP contribution is 2.24. The minimum atomic E-state index is -0.506. The summed E-state index contributed by atoms with van der Waals surface area (Å²) in [6.45, 7) is 0. The average Bonchev–Trinajstić information content (AvgIpc) is 2.47. The number of benzene rings is 2. The van der Waals surface area contributed by atoms with E-state index in [2.05, 4.69) is 0 Å². The van der Waals surface area contributed by atoms with Crippen molar-refractivity contribution in [3.63, 3.8) is 0 Å². The van der Waals surface area contributed by atoms with Gasteiger partial charge < -0.3 is 14.9 Å². The minimum Gasteiger partial charge on any atom is -0.508 e. The molecule has 0 saturated carbocycles. The predicted octanol–water partition coefficient (Wildman–Crippen LogP) is 2.56. The first-order valence-electron chi connectivity index (χ1n) is 6.23. The molecule has 0 atom stereocenters. The van der Waals surface area contributed by atoms with E-state index in [0.717, 1.165) is 6.07 Å². The molecule has 2 aromatic rings. The van der Waals surface area contributed by atoms with E-state index < -0.39 is 5.78 Å². The number of ketones is 2. The molecule has 2 N–H and O–H groups in total. The maximum Gasteiger partial charge on any atom is 0.174 e. The first-order valence-corrected chi connectivity index (χ1v) is 6.23. The number of phenolic OH excluding ortho intramolecular Hbond substituents is 2. The number of phenols is 2. The van der Waals surface area contributed by atoms with Gasteiger partial charge in [-0.15, -0.1) is 0 Å². The van der Waals surface area contributed by atoms with Crippen LogP contribution >= 0.6 is 0 Å². The fourth-order valence-electron chi connectivity index (χ4n) is 1.88. The number of methoxy groups -OCH3 is 1. The van der Waals surface area contributed by atoms with Crippen LogP contribution in [0.5, 0.6) is 17.2 Å². The number of hydrogen-bond donors (Lipinski definition) is 2. The summed E-state index contributed by atoms with van der Waals surface area (Å²) in [5.74, 6) is -0.731. The number of Topliss-reactive ketones (excluding diaryl/α,β-unsaturated/α-hetero) is 2. The van der Waals surface area contributed by atoms with Crippen LogP contribution in [0.2, 0.25) is 0 Å². The number of carbonyl (C=O) groups excluding carboxylic acids is 2. The highest BCUT2D eigenvalue weighted by molar-refractivity contribution is 6.14. The predicted molar refractivity (Wildman–Crippen MR) is 76.0 cm³/mol. The van der Waals surface area contributed by atoms with Gasteiger partial charge in [0.15, 0.2) is 11.6 Å². The molecule has 0 saturated heterocycles. The lowest BCUT2D eigenvalue weighted by atomic mass is 10.0. The van der Waals surface area contributed by atoms with Crippen molar-refractivity contribution >= 4 is 11.6 Å². The molecule has 0 heterocycles. The molecule has 0 aliphatic rings. The molecule has 0 aliphatic heterocycles. The molecule has 21 heavy (non-hydrogen) atoms. The first-order chi connectivity index (χ1) is 10.0. The van der Waals surface area contributed by atoms with Crippen molar-refractivity contribution < 1.29 is 24.5 Å². The van der Waals surface area contributed by atoms with Gasteiger partial charge in [0.1, 0.15) is 17.2 Å². The maximum atomic E-state index is 12.0. The third-order valence-corrected chi connectivity index (χ3v) is 3.01. The van der Waals surface area contributed by atoms with Gasteiger partial charge in [0.05, 0.1) is 19.1 Å². The van der Waals surface area contributed by atoms with Gasteiger partial charge >= 0.3 is 0 Å². The van der Waals surface area contributed by atoms with E-state index in [-0.39, 0.29) is 29.3 Å². The van der Waals surface area contributed by atoms with E-state index in [9.17, 15) is 19.8 Å². The molecule has 0 aliphatic carbocycles. The van der Waals surface area contributed by atoms with Crippen LogP contribution in [-0.4, -0.2) is 28.9 Å². The molecule has 0 bridgehead atoms. The molecule has 5 nitrogen and oxygen atoms in total. The Morgan fingerprint density at radius 3 is 2.24 bits per heavy atom. The highest BCUT2D eigenvalue weighted by atomic mass is 16.5. The lowest BCUT2D eigenvalue weighted by Gasteiger charge is -2.05. The van der Waals surface area contributed by atoms with Crippen LogP contribution < -0.4 is 4.74 Å². The second-order valence-corrected chi connectivity index (χ2v) is 4.45. The molecule has 0 amide bonds. The Bertz CT molecular complexity index is 674. The Morgan fingerprint density at radius 1 is 1.00 bits per heavy atom. The Hall–Kier alpha value is -2.82. The van der Waals surface area contributed by atoms with Crippen molar-refractivity contribution in [1.82, 2.24) is 0 Å². The standard InChI is InChI=1S/C16H14O5/c1-21-12-5-2-10(3-6-12)14(18)9-16(20)13-7-4-11(17)8-15(13)19/h2-8,17,19H,9H2,1H3. The van der Waals surface area contributed by atoms with Crippen LogP contribution in [0.25, 0.3) is 0 Å². The largest absolute Gasteiger partial charge is 0.508 e. The number of ether oxygens (including phenoxy) is 1. The van der Waals surface area contributed by atoms with E-state index in [1.807, 2.05) is 0 Å². The normalized spacial score (nSPS) is 10.1. The molecule has 0 fully saturated rings. The third-order valence-electron chi connectivity index (χ3n) is 3.01. The molecule has 2 aromatic carbocycles. The van der Waals surface area contributed by atoms with Gasteiger partial charge in [-0.1, -0.05) is 0 Å². The van der Waals surface area contributed by atoms with Crippen LogP contribution in [0.1, 0.15) is 27.1 Å². The zero-order valence-electron chi connectivity index (χ0n) is 11.4. The van der Waals surface area contributed by atoms with Crippen LogP contribution in [0, 0.1) is 0 Å². The van der Waals surface area contributed by atoms with E-state index in [1.165, 1.54) is 19.2 Å². The van der Waals surface area contributed by atoms with E-state index >= 15 is 0 Å². The smallest absolute Gasteiger partial charge is 0.174 e. The SMILES string of the molecule is COc1ccc(C(=O)CC(=O)c2ccc(O)cc2O)cc1. The lowest BCUT2D eigenvalue weighted by Crippen LogP contribution is -2.08. The maximum absolute atomic E-state index is 12.0. The second kappa shape index (κ2) is 6.09. The van der Waals surface area contributed by atoms with Crippen molar-refractivity contribution in [1.29, 1.82) is 0 Å². The summed E-state index contributed by atoms with van der Waals surface area (Å²) < 4.78 is 4.99. The van der Waals surface area contributed by atoms with Crippen LogP contribution in [0.3, 0.4) is 0 Å². The third kappa shape index (κ3) is 3.39. The first kappa shape index (κ1) is 14.6. The Morgan fingerprint density at radius 2 is 1.67 bits per heavy atom.